The molecule has 0 radical (unpaired) electrons. The van der Waals surface area contributed by atoms with E-state index in [1.54, 1.807) is 0 Å². The third kappa shape index (κ3) is 3.81. The molecule has 2 aliphatic heterocycles. The molecule has 0 saturated heterocycles. The summed E-state index contributed by atoms with van der Waals surface area (Å²) in [7, 11) is 0. The number of para-hydroxylation sites is 1. The number of hydrogen-bond acceptors (Lipinski definition) is 1. The van der Waals surface area contributed by atoms with Gasteiger partial charge in [0.05, 0.1) is 0 Å². The molecule has 0 aromatic heterocycles. The Labute approximate surface area is 258 Å². The van der Waals surface area contributed by atoms with Gasteiger partial charge in [-0.15, -0.1) is 0 Å². The van der Waals surface area contributed by atoms with Crippen molar-refractivity contribution in [2.75, 3.05) is 4.81 Å². The van der Waals surface area contributed by atoms with Gasteiger partial charge >= 0.3 is 6.85 Å². The summed E-state index contributed by atoms with van der Waals surface area (Å²) in [6, 6.07) is 62.2. The van der Waals surface area contributed by atoms with Crippen LogP contribution in [0.25, 0.3) is 55.6 Å². The molecule has 204 valence electrons. The van der Waals surface area contributed by atoms with Crippen LogP contribution >= 0.6 is 0 Å². The number of nitrogens with zero attached hydrogens (tertiary/aromatic N) is 1. The van der Waals surface area contributed by atoms with Crippen LogP contribution in [0.3, 0.4) is 0 Å². The highest BCUT2D eigenvalue weighted by Crippen LogP contribution is 2.47. The van der Waals surface area contributed by atoms with Crippen LogP contribution < -0.4 is 15.7 Å². The lowest BCUT2D eigenvalue weighted by Gasteiger charge is -2.43. The first-order valence-electron chi connectivity index (χ1n) is 15.3. The zero-order chi connectivity index (χ0) is 29.0. The molecule has 0 saturated carbocycles. The summed E-state index contributed by atoms with van der Waals surface area (Å²) in [4.78, 5) is 2.57. The third-order valence-corrected chi connectivity index (χ3v) is 9.29. The highest BCUT2D eigenvalue weighted by Gasteiger charge is 2.41. The Hall–Kier alpha value is -5.60. The van der Waals surface area contributed by atoms with Crippen LogP contribution in [-0.2, 0) is 0 Å². The fourth-order valence-corrected chi connectivity index (χ4v) is 7.32. The lowest BCUT2D eigenvalue weighted by molar-refractivity contribution is 1.35. The molecule has 1 nitrogen and oxygen atoms in total. The van der Waals surface area contributed by atoms with Crippen molar-refractivity contribution in [1.82, 2.24) is 0 Å². The quantitative estimate of drug-likeness (QED) is 0.196. The minimum Gasteiger partial charge on any atom is -0.376 e. The zero-order valence-electron chi connectivity index (χ0n) is 24.2. The van der Waals surface area contributed by atoms with Crippen molar-refractivity contribution in [2.24, 2.45) is 0 Å². The molecule has 7 aromatic carbocycles. The van der Waals surface area contributed by atoms with Gasteiger partial charge in [-0.2, -0.15) is 0 Å². The van der Waals surface area contributed by atoms with Gasteiger partial charge in [0.2, 0.25) is 0 Å². The maximum atomic E-state index is 2.57. The van der Waals surface area contributed by atoms with Crippen molar-refractivity contribution in [3.05, 3.63) is 170 Å². The highest BCUT2D eigenvalue weighted by atomic mass is 15.1. The molecule has 2 aliphatic rings. The second-order valence-corrected chi connectivity index (χ2v) is 11.7. The van der Waals surface area contributed by atoms with Crippen LogP contribution in [0.5, 0.6) is 0 Å². The van der Waals surface area contributed by atoms with Crippen molar-refractivity contribution in [2.45, 2.75) is 0 Å². The van der Waals surface area contributed by atoms with E-state index < -0.39 is 0 Å². The topological polar surface area (TPSA) is 3.24 Å². The molecular weight excluding hydrogens is 529 g/mol. The van der Waals surface area contributed by atoms with Gasteiger partial charge in [-0.05, 0) is 79.7 Å². The second kappa shape index (κ2) is 10.0. The van der Waals surface area contributed by atoms with Gasteiger partial charge < -0.3 is 4.81 Å². The van der Waals surface area contributed by atoms with E-state index in [4.69, 9.17) is 0 Å². The van der Waals surface area contributed by atoms with E-state index in [0.29, 0.717) is 0 Å². The van der Waals surface area contributed by atoms with Crippen molar-refractivity contribution in [3.8, 4) is 55.6 Å². The van der Waals surface area contributed by atoms with Crippen molar-refractivity contribution in [1.29, 1.82) is 0 Å². The van der Waals surface area contributed by atoms with E-state index >= 15 is 0 Å². The molecule has 0 aliphatic carbocycles. The van der Waals surface area contributed by atoms with Gasteiger partial charge in [-0.25, -0.2) is 0 Å². The number of benzene rings is 7. The van der Waals surface area contributed by atoms with Gasteiger partial charge in [0, 0.05) is 22.5 Å². The first-order chi connectivity index (χ1) is 21.8. The molecule has 0 amide bonds. The van der Waals surface area contributed by atoms with Gasteiger partial charge in [0.1, 0.15) is 0 Å². The Bertz CT molecular complexity index is 2180. The maximum absolute atomic E-state index is 2.57. The van der Waals surface area contributed by atoms with E-state index in [-0.39, 0.29) is 6.85 Å². The summed E-state index contributed by atoms with van der Waals surface area (Å²) in [6.07, 6.45) is 0. The Kier molecular flexibility index (Phi) is 5.67. The molecule has 7 aromatic rings. The Balaban J connectivity index is 1.29. The van der Waals surface area contributed by atoms with Crippen LogP contribution in [0.2, 0.25) is 0 Å². The summed E-state index contributed by atoms with van der Waals surface area (Å²) in [5.74, 6) is 0. The largest absolute Gasteiger partial charge is 0.376 e. The average molecular weight is 558 g/mol. The molecular formula is C42H28BN. The molecule has 0 bridgehead atoms. The first-order valence-corrected chi connectivity index (χ1v) is 15.3. The average Bonchev–Trinajstić information content (AvgIpc) is 3.11. The van der Waals surface area contributed by atoms with Crippen molar-refractivity contribution < 1.29 is 0 Å². The number of hydrogen-bond donors (Lipinski definition) is 0. The van der Waals surface area contributed by atoms with E-state index in [2.05, 4.69) is 175 Å². The van der Waals surface area contributed by atoms with Crippen LogP contribution in [0, 0.1) is 0 Å². The molecule has 2 heteroatoms. The lowest BCUT2D eigenvalue weighted by atomic mass is 9.43. The predicted molar refractivity (Wildman–Crippen MR) is 187 cm³/mol. The second-order valence-electron chi connectivity index (χ2n) is 11.7. The molecule has 2 heterocycles. The minimum absolute atomic E-state index is 0.122. The monoisotopic (exact) mass is 557 g/mol. The van der Waals surface area contributed by atoms with E-state index in [1.165, 1.54) is 77.9 Å². The number of anilines is 2. The maximum Gasteiger partial charge on any atom is 0.329 e. The number of fused-ring (bicyclic) bond motifs is 11. The van der Waals surface area contributed by atoms with Gasteiger partial charge in [-0.3, -0.25) is 0 Å². The molecule has 0 spiro atoms. The normalized spacial score (nSPS) is 12.5. The van der Waals surface area contributed by atoms with E-state index in [1.807, 2.05) is 0 Å². The fraction of sp³-hybridized carbons (Fsp3) is 0. The third-order valence-electron chi connectivity index (χ3n) is 9.29. The number of rotatable bonds is 3. The lowest BCUT2D eigenvalue weighted by Crippen LogP contribution is -2.59. The standard InChI is InChI=1S/C42H28BN/c1-3-13-29(14-4-1)31-23-25-33(30-15-5-2-6-16-30)37(27-31)32-24-26-42-38(28-32)35-18-8-11-21-40(35)43-39-20-10-7-17-34(39)36-19-9-12-22-41(36)44(42)43/h1-28H. The molecule has 44 heavy (non-hydrogen) atoms. The van der Waals surface area contributed by atoms with E-state index in [9.17, 15) is 0 Å². The fourth-order valence-electron chi connectivity index (χ4n) is 7.32. The summed E-state index contributed by atoms with van der Waals surface area (Å²) < 4.78 is 0. The van der Waals surface area contributed by atoms with Gasteiger partial charge in [0.25, 0.3) is 0 Å². The van der Waals surface area contributed by atoms with Crippen LogP contribution in [-0.4, -0.2) is 6.85 Å². The zero-order valence-corrected chi connectivity index (χ0v) is 24.2. The highest BCUT2D eigenvalue weighted by molar-refractivity contribution is 6.92. The van der Waals surface area contributed by atoms with Crippen LogP contribution in [0.1, 0.15) is 0 Å². The Morgan fingerprint density at radius 3 is 1.55 bits per heavy atom. The minimum atomic E-state index is 0.122. The summed E-state index contributed by atoms with van der Waals surface area (Å²) in [5.41, 5.74) is 17.8. The molecule has 0 unspecified atom stereocenters. The predicted octanol–water partition coefficient (Wildman–Crippen LogP) is 9.59. The smallest absolute Gasteiger partial charge is 0.329 e. The van der Waals surface area contributed by atoms with Crippen molar-refractivity contribution in [3.63, 3.8) is 0 Å². The Morgan fingerprint density at radius 1 is 0.295 bits per heavy atom. The summed E-state index contributed by atoms with van der Waals surface area (Å²) in [6.45, 7) is 0.122. The molecule has 9 rings (SSSR count). The van der Waals surface area contributed by atoms with Crippen LogP contribution in [0.15, 0.2) is 170 Å². The molecule has 0 N–H and O–H groups in total. The van der Waals surface area contributed by atoms with Gasteiger partial charge in [0.15, 0.2) is 0 Å². The SMILES string of the molecule is c1ccc(-c2ccc(-c3ccccc3)c(-c3ccc4c(c3)-c3ccccc3B3c5ccccc5-c5ccccc5N34)c2)cc1. The Morgan fingerprint density at radius 2 is 0.818 bits per heavy atom. The summed E-state index contributed by atoms with van der Waals surface area (Å²) >= 11 is 0. The first kappa shape index (κ1) is 25.0. The van der Waals surface area contributed by atoms with Crippen LogP contribution in [0.4, 0.5) is 11.4 Å². The molecule has 0 atom stereocenters. The van der Waals surface area contributed by atoms with Gasteiger partial charge in [-0.1, -0.05) is 146 Å². The summed E-state index contributed by atoms with van der Waals surface area (Å²) in [5, 5.41) is 0. The molecule has 0 fully saturated rings. The van der Waals surface area contributed by atoms with E-state index in [0.717, 1.165) is 0 Å². The van der Waals surface area contributed by atoms with Crippen molar-refractivity contribution >= 4 is 29.1 Å².